The van der Waals surface area contributed by atoms with Crippen LogP contribution in [0.5, 0.6) is 5.75 Å². The molecule has 0 bridgehead atoms. The van der Waals surface area contributed by atoms with Gasteiger partial charge in [0.25, 0.3) is 11.6 Å². The molecule has 2 aromatic carbocycles. The molecule has 0 heterocycles. The molecule has 0 saturated heterocycles. The second-order valence-corrected chi connectivity index (χ2v) is 4.62. The van der Waals surface area contributed by atoms with Crippen LogP contribution in [0, 0.1) is 10.1 Å². The first kappa shape index (κ1) is 15.5. The van der Waals surface area contributed by atoms with E-state index in [4.69, 9.17) is 16.7 Å². The average molecular weight is 320 g/mol. The van der Waals surface area contributed by atoms with E-state index in [2.05, 4.69) is 10.5 Å². The molecule has 0 aliphatic heterocycles. The SMILES string of the molecule is O=C(N/N=C\c1cc([N+](=O)[O-])ccc1Cl)c1ccc(O)cc1. The summed E-state index contributed by atoms with van der Waals surface area (Å²) in [5.74, 6) is -0.443. The van der Waals surface area contributed by atoms with Gasteiger partial charge in [-0.05, 0) is 30.3 Å². The predicted molar refractivity (Wildman–Crippen MR) is 81.3 cm³/mol. The number of rotatable bonds is 4. The van der Waals surface area contributed by atoms with Crippen molar-refractivity contribution in [1.82, 2.24) is 5.43 Å². The highest BCUT2D eigenvalue weighted by atomic mass is 35.5. The lowest BCUT2D eigenvalue weighted by Gasteiger charge is -2.01. The molecule has 0 aliphatic carbocycles. The number of nitrogens with one attached hydrogen (secondary N) is 1. The van der Waals surface area contributed by atoms with Crippen molar-refractivity contribution in [3.8, 4) is 5.75 Å². The van der Waals surface area contributed by atoms with Crippen LogP contribution in [-0.4, -0.2) is 22.2 Å². The van der Waals surface area contributed by atoms with Crippen molar-refractivity contribution >= 4 is 29.4 Å². The van der Waals surface area contributed by atoms with Crippen LogP contribution in [0.15, 0.2) is 47.6 Å². The summed E-state index contributed by atoms with van der Waals surface area (Å²) in [6, 6.07) is 9.50. The number of amides is 1. The number of nitro groups is 1. The molecule has 0 aromatic heterocycles. The van der Waals surface area contributed by atoms with E-state index in [0.717, 1.165) is 0 Å². The number of carbonyl (C=O) groups excluding carboxylic acids is 1. The molecule has 1 amide bonds. The van der Waals surface area contributed by atoms with Crippen molar-refractivity contribution in [2.24, 2.45) is 5.10 Å². The lowest BCUT2D eigenvalue weighted by molar-refractivity contribution is -0.384. The number of halogens is 1. The Morgan fingerprint density at radius 3 is 2.59 bits per heavy atom. The Hall–Kier alpha value is -2.93. The number of non-ortho nitro benzene ring substituents is 1. The summed E-state index contributed by atoms with van der Waals surface area (Å²) in [6.45, 7) is 0. The topological polar surface area (TPSA) is 105 Å². The van der Waals surface area contributed by atoms with Gasteiger partial charge in [-0.25, -0.2) is 5.43 Å². The van der Waals surface area contributed by atoms with Crippen LogP contribution in [0.25, 0.3) is 0 Å². The van der Waals surface area contributed by atoms with E-state index in [1.165, 1.54) is 48.7 Å². The van der Waals surface area contributed by atoms with Crippen LogP contribution in [0.2, 0.25) is 5.02 Å². The predicted octanol–water partition coefficient (Wildman–Crippen LogP) is 2.72. The van der Waals surface area contributed by atoms with E-state index < -0.39 is 10.8 Å². The molecule has 0 aliphatic rings. The molecular formula is C14H10ClN3O4. The third-order valence-corrected chi connectivity index (χ3v) is 3.03. The van der Waals surface area contributed by atoms with E-state index >= 15 is 0 Å². The second-order valence-electron chi connectivity index (χ2n) is 4.21. The second kappa shape index (κ2) is 6.68. The first-order chi connectivity index (χ1) is 10.5. The number of benzene rings is 2. The summed E-state index contributed by atoms with van der Waals surface area (Å²) >= 11 is 5.90. The molecule has 0 fully saturated rings. The maximum absolute atomic E-state index is 11.8. The van der Waals surface area contributed by atoms with E-state index in [0.29, 0.717) is 11.1 Å². The van der Waals surface area contributed by atoms with Gasteiger partial charge in [0, 0.05) is 28.3 Å². The highest BCUT2D eigenvalue weighted by Crippen LogP contribution is 2.20. The molecule has 2 aromatic rings. The van der Waals surface area contributed by atoms with Crippen LogP contribution in [0.3, 0.4) is 0 Å². The van der Waals surface area contributed by atoms with Crippen LogP contribution in [0.4, 0.5) is 5.69 Å². The first-order valence-corrected chi connectivity index (χ1v) is 6.41. The van der Waals surface area contributed by atoms with Gasteiger partial charge in [0.1, 0.15) is 5.75 Å². The molecule has 2 N–H and O–H groups in total. The maximum atomic E-state index is 11.8. The zero-order valence-electron chi connectivity index (χ0n) is 11.1. The highest BCUT2D eigenvalue weighted by Gasteiger charge is 2.08. The third kappa shape index (κ3) is 3.80. The molecule has 7 nitrogen and oxygen atoms in total. The van der Waals surface area contributed by atoms with E-state index in [-0.39, 0.29) is 16.5 Å². The number of hydrogen-bond donors (Lipinski definition) is 2. The normalized spacial score (nSPS) is 10.6. The Balaban J connectivity index is 2.09. The number of hydrogen-bond acceptors (Lipinski definition) is 5. The minimum absolute atomic E-state index is 0.0448. The van der Waals surface area contributed by atoms with Crippen molar-refractivity contribution in [2.75, 3.05) is 0 Å². The molecule has 22 heavy (non-hydrogen) atoms. The van der Waals surface area contributed by atoms with E-state index in [1.807, 2.05) is 0 Å². The van der Waals surface area contributed by atoms with Gasteiger partial charge in [-0.2, -0.15) is 5.10 Å². The zero-order chi connectivity index (χ0) is 16.1. The number of phenolic OH excluding ortho intramolecular Hbond substituents is 1. The summed E-state index contributed by atoms with van der Waals surface area (Å²) in [5, 5.41) is 23.8. The van der Waals surface area contributed by atoms with Gasteiger partial charge < -0.3 is 5.11 Å². The van der Waals surface area contributed by atoms with Gasteiger partial charge in [0.15, 0.2) is 0 Å². The molecule has 2 rings (SSSR count). The lowest BCUT2D eigenvalue weighted by atomic mass is 10.2. The van der Waals surface area contributed by atoms with Gasteiger partial charge in [-0.15, -0.1) is 0 Å². The Bertz CT molecular complexity index is 744. The Labute approximate surface area is 130 Å². The molecule has 0 saturated carbocycles. The number of nitro benzene ring substituents is 1. The largest absolute Gasteiger partial charge is 0.508 e. The molecule has 8 heteroatoms. The minimum atomic E-state index is -0.553. The number of phenols is 1. The van der Waals surface area contributed by atoms with Crippen molar-refractivity contribution < 1.29 is 14.8 Å². The van der Waals surface area contributed by atoms with Gasteiger partial charge >= 0.3 is 0 Å². The number of nitrogens with zero attached hydrogens (tertiary/aromatic N) is 2. The Kier molecular flexibility index (Phi) is 4.70. The van der Waals surface area contributed by atoms with Crippen molar-refractivity contribution in [3.05, 3.63) is 68.7 Å². The van der Waals surface area contributed by atoms with Crippen molar-refractivity contribution in [2.45, 2.75) is 0 Å². The fourth-order valence-electron chi connectivity index (χ4n) is 1.58. The standard InChI is InChI=1S/C14H10ClN3O4/c15-13-6-3-11(18(21)22)7-10(13)8-16-17-14(20)9-1-4-12(19)5-2-9/h1-8,19H,(H,17,20)/b16-8-. The average Bonchev–Trinajstić information content (AvgIpc) is 2.49. The van der Waals surface area contributed by atoms with Crippen LogP contribution in [-0.2, 0) is 0 Å². The van der Waals surface area contributed by atoms with Gasteiger partial charge in [0.05, 0.1) is 11.1 Å². The van der Waals surface area contributed by atoms with Gasteiger partial charge in [0.2, 0.25) is 0 Å². The molecule has 0 atom stereocenters. The first-order valence-electron chi connectivity index (χ1n) is 6.04. The smallest absolute Gasteiger partial charge is 0.271 e. The lowest BCUT2D eigenvalue weighted by Crippen LogP contribution is -2.17. The highest BCUT2D eigenvalue weighted by molar-refractivity contribution is 6.33. The summed E-state index contributed by atoms with van der Waals surface area (Å²) in [4.78, 5) is 21.9. The van der Waals surface area contributed by atoms with Crippen molar-refractivity contribution in [1.29, 1.82) is 0 Å². The summed E-state index contributed by atoms with van der Waals surface area (Å²) in [6.07, 6.45) is 1.22. The van der Waals surface area contributed by atoms with Crippen molar-refractivity contribution in [3.63, 3.8) is 0 Å². The van der Waals surface area contributed by atoms with Crippen LogP contribution in [0.1, 0.15) is 15.9 Å². The van der Waals surface area contributed by atoms with Crippen LogP contribution < -0.4 is 5.43 Å². The fourth-order valence-corrected chi connectivity index (χ4v) is 1.75. The van der Waals surface area contributed by atoms with Gasteiger partial charge in [-0.1, -0.05) is 11.6 Å². The monoisotopic (exact) mass is 319 g/mol. The Morgan fingerprint density at radius 1 is 1.27 bits per heavy atom. The number of aromatic hydroxyl groups is 1. The zero-order valence-corrected chi connectivity index (χ0v) is 11.8. The Morgan fingerprint density at radius 2 is 1.95 bits per heavy atom. The molecule has 112 valence electrons. The fraction of sp³-hybridized carbons (Fsp3) is 0. The molecule has 0 radical (unpaired) electrons. The quantitative estimate of drug-likeness (QED) is 0.513. The third-order valence-electron chi connectivity index (χ3n) is 2.69. The molecule has 0 unspecified atom stereocenters. The number of carbonyl (C=O) groups is 1. The minimum Gasteiger partial charge on any atom is -0.508 e. The summed E-state index contributed by atoms with van der Waals surface area (Å²) < 4.78 is 0. The maximum Gasteiger partial charge on any atom is 0.271 e. The molecular weight excluding hydrogens is 310 g/mol. The summed E-state index contributed by atoms with van der Waals surface area (Å²) in [7, 11) is 0. The van der Waals surface area contributed by atoms with Gasteiger partial charge in [-0.3, -0.25) is 14.9 Å². The molecule has 0 spiro atoms. The summed E-state index contributed by atoms with van der Waals surface area (Å²) in [5.41, 5.74) is 2.75. The van der Waals surface area contributed by atoms with Crippen LogP contribution >= 0.6 is 11.6 Å². The van der Waals surface area contributed by atoms with E-state index in [9.17, 15) is 14.9 Å². The number of hydrazone groups is 1. The van der Waals surface area contributed by atoms with E-state index in [1.54, 1.807) is 0 Å².